The van der Waals surface area contributed by atoms with Crippen LogP contribution >= 0.6 is 15.9 Å². The van der Waals surface area contributed by atoms with Gasteiger partial charge in [0.2, 0.25) is 0 Å². The Morgan fingerprint density at radius 2 is 2.10 bits per heavy atom. The van der Waals surface area contributed by atoms with Crippen molar-refractivity contribution in [2.24, 2.45) is 7.05 Å². The Bertz CT molecular complexity index is 649. The van der Waals surface area contributed by atoms with Crippen LogP contribution in [0.15, 0.2) is 35.1 Å². The summed E-state index contributed by atoms with van der Waals surface area (Å²) in [5.74, 6) is -0.379. The maximum Gasteiger partial charge on any atom is 0.417 e. The van der Waals surface area contributed by atoms with Gasteiger partial charge >= 0.3 is 6.18 Å². The number of benzene rings is 1. The molecular weight excluding hydrogens is 337 g/mol. The number of aromatic nitrogens is 2. The SMILES string of the molecule is Cn1cc(CC(=O)c2ccc(Br)c(C(F)(F)F)c2)cn1. The van der Waals surface area contributed by atoms with Gasteiger partial charge in [-0.2, -0.15) is 18.3 Å². The molecule has 0 saturated heterocycles. The topological polar surface area (TPSA) is 34.9 Å². The molecule has 0 aliphatic rings. The highest BCUT2D eigenvalue weighted by molar-refractivity contribution is 9.10. The Morgan fingerprint density at radius 1 is 1.40 bits per heavy atom. The van der Waals surface area contributed by atoms with E-state index in [0.717, 1.165) is 6.07 Å². The van der Waals surface area contributed by atoms with Crippen LogP contribution in [0, 0.1) is 0 Å². The monoisotopic (exact) mass is 346 g/mol. The molecule has 0 saturated carbocycles. The lowest BCUT2D eigenvalue weighted by molar-refractivity contribution is -0.138. The van der Waals surface area contributed by atoms with Crippen molar-refractivity contribution in [1.29, 1.82) is 0 Å². The van der Waals surface area contributed by atoms with Gasteiger partial charge in [0, 0.05) is 29.7 Å². The standard InChI is InChI=1S/C13H10BrF3N2O/c1-19-7-8(6-18-19)4-12(20)9-2-3-11(14)10(5-9)13(15,16)17/h2-3,5-7H,4H2,1H3. The smallest absolute Gasteiger partial charge is 0.294 e. The third kappa shape index (κ3) is 3.27. The molecule has 3 nitrogen and oxygen atoms in total. The van der Waals surface area contributed by atoms with Crippen LogP contribution in [0.2, 0.25) is 0 Å². The Hall–Kier alpha value is -1.63. The van der Waals surface area contributed by atoms with Gasteiger partial charge < -0.3 is 0 Å². The summed E-state index contributed by atoms with van der Waals surface area (Å²) in [6.07, 6.45) is -1.31. The lowest BCUT2D eigenvalue weighted by Gasteiger charge is -2.10. The number of aryl methyl sites for hydroxylation is 1. The number of halogens is 4. The summed E-state index contributed by atoms with van der Waals surface area (Å²) in [7, 11) is 1.70. The predicted molar refractivity (Wildman–Crippen MR) is 70.4 cm³/mol. The van der Waals surface area contributed by atoms with Gasteiger partial charge in [0.25, 0.3) is 0 Å². The van der Waals surface area contributed by atoms with E-state index in [1.165, 1.54) is 23.0 Å². The van der Waals surface area contributed by atoms with Crippen LogP contribution in [-0.2, 0) is 19.6 Å². The zero-order valence-electron chi connectivity index (χ0n) is 10.4. The van der Waals surface area contributed by atoms with Gasteiger partial charge in [0.1, 0.15) is 0 Å². The van der Waals surface area contributed by atoms with Crippen molar-refractivity contribution in [2.45, 2.75) is 12.6 Å². The molecule has 1 heterocycles. The molecule has 0 fully saturated rings. The highest BCUT2D eigenvalue weighted by Crippen LogP contribution is 2.35. The first kappa shape index (κ1) is 14.8. The number of nitrogens with zero attached hydrogens (tertiary/aromatic N) is 2. The molecule has 106 valence electrons. The molecule has 0 spiro atoms. The van der Waals surface area contributed by atoms with E-state index >= 15 is 0 Å². The Labute approximate surface area is 121 Å². The van der Waals surface area contributed by atoms with E-state index in [0.29, 0.717) is 5.56 Å². The number of carbonyl (C=O) groups excluding carboxylic acids is 1. The first-order valence-corrected chi connectivity index (χ1v) is 6.44. The molecule has 1 aromatic carbocycles. The van der Waals surface area contributed by atoms with E-state index < -0.39 is 11.7 Å². The van der Waals surface area contributed by atoms with Crippen LogP contribution in [0.1, 0.15) is 21.5 Å². The molecule has 2 rings (SSSR count). The minimum atomic E-state index is -4.50. The van der Waals surface area contributed by atoms with Crippen molar-refractivity contribution in [2.75, 3.05) is 0 Å². The van der Waals surface area contributed by atoms with Crippen molar-refractivity contribution in [3.8, 4) is 0 Å². The second-order valence-electron chi connectivity index (χ2n) is 4.31. The number of rotatable bonds is 3. The lowest BCUT2D eigenvalue weighted by atomic mass is 10.0. The van der Waals surface area contributed by atoms with Crippen molar-refractivity contribution in [3.63, 3.8) is 0 Å². The molecule has 0 bridgehead atoms. The van der Waals surface area contributed by atoms with Crippen LogP contribution in [0.4, 0.5) is 13.2 Å². The van der Waals surface area contributed by atoms with E-state index in [1.807, 2.05) is 0 Å². The van der Waals surface area contributed by atoms with Crippen LogP contribution in [0.5, 0.6) is 0 Å². The highest BCUT2D eigenvalue weighted by atomic mass is 79.9. The summed E-state index contributed by atoms with van der Waals surface area (Å²) in [6, 6.07) is 3.47. The van der Waals surface area contributed by atoms with Gasteiger partial charge in [-0.1, -0.05) is 22.0 Å². The van der Waals surface area contributed by atoms with Gasteiger partial charge in [0.05, 0.1) is 11.8 Å². The fraction of sp³-hybridized carbons (Fsp3) is 0.231. The van der Waals surface area contributed by atoms with Crippen LogP contribution in [0.25, 0.3) is 0 Å². The summed E-state index contributed by atoms with van der Waals surface area (Å²) in [6.45, 7) is 0. The van der Waals surface area contributed by atoms with Gasteiger partial charge in [-0.3, -0.25) is 9.48 Å². The zero-order valence-corrected chi connectivity index (χ0v) is 12.0. The van der Waals surface area contributed by atoms with Crippen molar-refractivity contribution >= 4 is 21.7 Å². The Kier molecular flexibility index (Phi) is 3.99. The number of carbonyl (C=O) groups is 1. The number of hydrogen-bond donors (Lipinski definition) is 0. The van der Waals surface area contributed by atoms with Crippen LogP contribution < -0.4 is 0 Å². The number of Topliss-reactive ketones (excluding diaryl/α,β-unsaturated/α-hetero) is 1. The summed E-state index contributed by atoms with van der Waals surface area (Å²) in [5.41, 5.74) is -0.159. The maximum absolute atomic E-state index is 12.8. The minimum absolute atomic E-state index is 0.0206. The number of hydrogen-bond acceptors (Lipinski definition) is 2. The molecule has 0 radical (unpaired) electrons. The van der Waals surface area contributed by atoms with Crippen LogP contribution in [0.3, 0.4) is 0 Å². The van der Waals surface area contributed by atoms with E-state index in [2.05, 4.69) is 21.0 Å². The first-order valence-electron chi connectivity index (χ1n) is 5.65. The second-order valence-corrected chi connectivity index (χ2v) is 5.17. The normalized spacial score (nSPS) is 11.7. The third-order valence-electron chi connectivity index (χ3n) is 2.72. The second kappa shape index (κ2) is 5.40. The molecular formula is C13H10BrF3N2O. The van der Waals surface area contributed by atoms with E-state index in [-0.39, 0.29) is 22.2 Å². The van der Waals surface area contributed by atoms with Gasteiger partial charge in [-0.25, -0.2) is 0 Å². The van der Waals surface area contributed by atoms with Crippen molar-refractivity contribution in [3.05, 3.63) is 51.8 Å². The largest absolute Gasteiger partial charge is 0.417 e. The molecule has 7 heteroatoms. The Morgan fingerprint density at radius 3 is 2.65 bits per heavy atom. The molecule has 0 aliphatic heterocycles. The predicted octanol–water partition coefficient (Wildman–Crippen LogP) is 3.63. The average molecular weight is 347 g/mol. The lowest BCUT2D eigenvalue weighted by Crippen LogP contribution is -2.10. The van der Waals surface area contributed by atoms with Gasteiger partial charge in [-0.05, 0) is 17.7 Å². The van der Waals surface area contributed by atoms with Gasteiger partial charge in [-0.15, -0.1) is 0 Å². The minimum Gasteiger partial charge on any atom is -0.294 e. The maximum atomic E-state index is 12.8. The van der Waals surface area contributed by atoms with Gasteiger partial charge in [0.15, 0.2) is 5.78 Å². The molecule has 1 aromatic heterocycles. The molecule has 0 unspecified atom stereocenters. The molecule has 20 heavy (non-hydrogen) atoms. The van der Waals surface area contributed by atoms with Crippen molar-refractivity contribution in [1.82, 2.24) is 9.78 Å². The van der Waals surface area contributed by atoms with Crippen LogP contribution in [-0.4, -0.2) is 15.6 Å². The number of alkyl halides is 3. The summed E-state index contributed by atoms with van der Waals surface area (Å²) >= 11 is 2.84. The summed E-state index contributed by atoms with van der Waals surface area (Å²) in [4.78, 5) is 12.0. The third-order valence-corrected chi connectivity index (χ3v) is 3.41. The fourth-order valence-corrected chi connectivity index (χ4v) is 2.24. The first-order chi connectivity index (χ1) is 9.27. The highest BCUT2D eigenvalue weighted by Gasteiger charge is 2.33. The Balaban J connectivity index is 2.27. The van der Waals surface area contributed by atoms with E-state index in [1.54, 1.807) is 13.2 Å². The van der Waals surface area contributed by atoms with E-state index in [9.17, 15) is 18.0 Å². The molecule has 0 atom stereocenters. The quantitative estimate of drug-likeness (QED) is 0.795. The molecule has 0 aliphatic carbocycles. The zero-order chi connectivity index (χ0) is 14.9. The molecule has 0 N–H and O–H groups in total. The number of ketones is 1. The average Bonchev–Trinajstić information content (AvgIpc) is 2.73. The van der Waals surface area contributed by atoms with Crippen molar-refractivity contribution < 1.29 is 18.0 Å². The molecule has 2 aromatic rings. The summed E-state index contributed by atoms with van der Waals surface area (Å²) < 4.78 is 39.8. The molecule has 0 amide bonds. The summed E-state index contributed by atoms with van der Waals surface area (Å²) in [5, 5.41) is 3.91. The fourth-order valence-electron chi connectivity index (χ4n) is 1.77. The van der Waals surface area contributed by atoms with E-state index in [4.69, 9.17) is 0 Å².